The Bertz CT molecular complexity index is 614. The number of ether oxygens (including phenoxy) is 2. The molecule has 1 aromatic rings. The van der Waals surface area contributed by atoms with Crippen molar-refractivity contribution in [2.45, 2.75) is 45.4 Å². The number of rotatable bonds is 3. The lowest BCUT2D eigenvalue weighted by molar-refractivity contribution is -0.118. The van der Waals surface area contributed by atoms with E-state index in [1.165, 1.54) is 18.2 Å². The molecule has 23 heavy (non-hydrogen) atoms. The predicted molar refractivity (Wildman–Crippen MR) is 78.6 cm³/mol. The number of benzene rings is 1. The molecular weight excluding hydrogens is 310 g/mol. The summed E-state index contributed by atoms with van der Waals surface area (Å²) in [5.74, 6) is -0.406. The monoisotopic (exact) mass is 328 g/mol. The van der Waals surface area contributed by atoms with Gasteiger partial charge < -0.3 is 20.1 Å². The van der Waals surface area contributed by atoms with E-state index in [9.17, 15) is 18.4 Å². The van der Waals surface area contributed by atoms with Gasteiger partial charge in [-0.15, -0.1) is 0 Å². The first-order valence-corrected chi connectivity index (χ1v) is 7.02. The molecule has 8 heteroatoms. The molecule has 2 amide bonds. The summed E-state index contributed by atoms with van der Waals surface area (Å²) in [6, 6.07) is 3.38. The summed E-state index contributed by atoms with van der Waals surface area (Å²) in [4.78, 5) is 23.7. The van der Waals surface area contributed by atoms with Gasteiger partial charge in [0.1, 0.15) is 17.4 Å². The number of amides is 2. The van der Waals surface area contributed by atoms with Gasteiger partial charge in [-0.2, -0.15) is 8.78 Å². The summed E-state index contributed by atoms with van der Waals surface area (Å²) in [5.41, 5.74) is 0.397. The molecule has 2 rings (SSSR count). The molecule has 0 spiro atoms. The van der Waals surface area contributed by atoms with Crippen LogP contribution in [0.1, 0.15) is 26.3 Å². The second-order valence-electron chi connectivity index (χ2n) is 6.09. The van der Waals surface area contributed by atoms with Crippen LogP contribution >= 0.6 is 0 Å². The van der Waals surface area contributed by atoms with Crippen molar-refractivity contribution in [3.63, 3.8) is 0 Å². The number of carbonyl (C=O) groups excluding carboxylic acids is 2. The zero-order chi connectivity index (χ0) is 17.2. The first-order chi connectivity index (χ1) is 10.6. The van der Waals surface area contributed by atoms with Gasteiger partial charge in [0.05, 0.1) is 0 Å². The SMILES string of the molecule is CC(C)(C)OC(=O)N[C@@H]1Cc2cc(OC(F)F)ccc2NC1=O. The highest BCUT2D eigenvalue weighted by Gasteiger charge is 2.29. The molecule has 1 atom stereocenters. The minimum atomic E-state index is -2.93. The Hall–Kier alpha value is -2.38. The van der Waals surface area contributed by atoms with Gasteiger partial charge in [-0.25, -0.2) is 4.79 Å². The fourth-order valence-corrected chi connectivity index (χ4v) is 2.14. The number of anilines is 1. The highest BCUT2D eigenvalue weighted by atomic mass is 19.3. The van der Waals surface area contributed by atoms with Crippen LogP contribution in [0.4, 0.5) is 19.3 Å². The van der Waals surface area contributed by atoms with Crippen LogP contribution in [-0.2, 0) is 16.0 Å². The molecule has 0 aromatic heterocycles. The lowest BCUT2D eigenvalue weighted by Crippen LogP contribution is -2.49. The van der Waals surface area contributed by atoms with E-state index in [-0.39, 0.29) is 12.2 Å². The first-order valence-electron chi connectivity index (χ1n) is 7.02. The second-order valence-corrected chi connectivity index (χ2v) is 6.09. The van der Waals surface area contributed by atoms with Gasteiger partial charge in [0.2, 0.25) is 5.91 Å². The van der Waals surface area contributed by atoms with Crippen molar-refractivity contribution in [1.82, 2.24) is 5.32 Å². The molecule has 6 nitrogen and oxygen atoms in total. The van der Waals surface area contributed by atoms with E-state index < -0.39 is 30.3 Å². The zero-order valence-electron chi connectivity index (χ0n) is 13.0. The fraction of sp³-hybridized carbons (Fsp3) is 0.467. The van der Waals surface area contributed by atoms with E-state index in [0.29, 0.717) is 11.3 Å². The maximum Gasteiger partial charge on any atom is 0.408 e. The topological polar surface area (TPSA) is 76.7 Å². The smallest absolute Gasteiger partial charge is 0.408 e. The quantitative estimate of drug-likeness (QED) is 0.894. The van der Waals surface area contributed by atoms with Gasteiger partial charge in [-0.1, -0.05) is 0 Å². The molecule has 0 aliphatic carbocycles. The molecule has 126 valence electrons. The van der Waals surface area contributed by atoms with Crippen molar-refractivity contribution >= 4 is 17.7 Å². The Balaban J connectivity index is 2.09. The number of hydrogen-bond donors (Lipinski definition) is 2. The van der Waals surface area contributed by atoms with Crippen LogP contribution in [0.5, 0.6) is 5.75 Å². The molecular formula is C15H18F2N2O4. The number of nitrogens with one attached hydrogen (secondary N) is 2. The standard InChI is InChI=1S/C15H18F2N2O4/c1-15(2,3)23-14(21)19-11-7-8-6-9(22-13(16)17)4-5-10(8)18-12(11)20/h4-6,11,13H,7H2,1-3H3,(H,18,20)(H,19,21)/t11-/m1/s1. The predicted octanol–water partition coefficient (Wildman–Crippen LogP) is 2.68. The maximum atomic E-state index is 12.3. The number of halogens is 2. The molecule has 0 saturated heterocycles. The number of fused-ring (bicyclic) bond motifs is 1. The average molecular weight is 328 g/mol. The molecule has 1 aliphatic rings. The Morgan fingerprint density at radius 1 is 1.39 bits per heavy atom. The summed E-state index contributed by atoms with van der Waals surface area (Å²) in [6.45, 7) is 2.19. The molecule has 1 heterocycles. The van der Waals surface area contributed by atoms with E-state index in [2.05, 4.69) is 15.4 Å². The van der Waals surface area contributed by atoms with Crippen LogP contribution in [0, 0.1) is 0 Å². The molecule has 0 unspecified atom stereocenters. The lowest BCUT2D eigenvalue weighted by Gasteiger charge is -2.27. The maximum absolute atomic E-state index is 12.3. The molecule has 0 fully saturated rings. The van der Waals surface area contributed by atoms with Crippen molar-refractivity contribution in [1.29, 1.82) is 0 Å². The first kappa shape index (κ1) is 17.0. The van der Waals surface area contributed by atoms with Crippen LogP contribution in [0.2, 0.25) is 0 Å². The van der Waals surface area contributed by atoms with Gasteiger partial charge in [-0.3, -0.25) is 4.79 Å². The third-order valence-corrected chi connectivity index (χ3v) is 2.99. The summed E-state index contributed by atoms with van der Waals surface area (Å²) < 4.78 is 33.9. The third kappa shape index (κ3) is 4.80. The van der Waals surface area contributed by atoms with Gasteiger partial charge >= 0.3 is 12.7 Å². The molecule has 0 saturated carbocycles. The summed E-state index contributed by atoms with van der Waals surface area (Å²) >= 11 is 0. The largest absolute Gasteiger partial charge is 0.444 e. The van der Waals surface area contributed by atoms with E-state index in [4.69, 9.17) is 4.74 Å². The van der Waals surface area contributed by atoms with Gasteiger partial charge in [0.25, 0.3) is 0 Å². The fourth-order valence-electron chi connectivity index (χ4n) is 2.14. The van der Waals surface area contributed by atoms with Crippen molar-refractivity contribution in [2.75, 3.05) is 5.32 Å². The number of hydrogen-bond acceptors (Lipinski definition) is 4. The highest BCUT2D eigenvalue weighted by Crippen LogP contribution is 2.28. The Labute approximate surface area is 132 Å². The van der Waals surface area contributed by atoms with E-state index >= 15 is 0 Å². The minimum absolute atomic E-state index is 0.00841. The average Bonchev–Trinajstić information content (AvgIpc) is 2.37. The zero-order valence-corrected chi connectivity index (χ0v) is 13.0. The van der Waals surface area contributed by atoms with Crippen LogP contribution in [0.25, 0.3) is 0 Å². The number of alkyl halides is 2. The van der Waals surface area contributed by atoms with Crippen LogP contribution in [0.15, 0.2) is 18.2 Å². The minimum Gasteiger partial charge on any atom is -0.444 e. The number of carbonyl (C=O) groups is 2. The van der Waals surface area contributed by atoms with Crippen molar-refractivity contribution in [2.24, 2.45) is 0 Å². The van der Waals surface area contributed by atoms with Crippen molar-refractivity contribution in [3.8, 4) is 5.75 Å². The van der Waals surface area contributed by atoms with Crippen LogP contribution in [-0.4, -0.2) is 30.3 Å². The Morgan fingerprint density at radius 2 is 2.09 bits per heavy atom. The van der Waals surface area contributed by atoms with Crippen LogP contribution < -0.4 is 15.4 Å². The third-order valence-electron chi connectivity index (χ3n) is 2.99. The number of alkyl carbamates (subject to hydrolysis) is 1. The van der Waals surface area contributed by atoms with E-state index in [1.807, 2.05) is 0 Å². The molecule has 0 bridgehead atoms. The summed E-state index contributed by atoms with van der Waals surface area (Å²) in [7, 11) is 0. The molecule has 2 N–H and O–H groups in total. The summed E-state index contributed by atoms with van der Waals surface area (Å²) in [6.07, 6.45) is -0.568. The Kier molecular flexibility index (Phi) is 4.72. The van der Waals surface area contributed by atoms with Crippen molar-refractivity contribution < 1.29 is 27.8 Å². The van der Waals surface area contributed by atoms with Crippen LogP contribution in [0.3, 0.4) is 0 Å². The van der Waals surface area contributed by atoms with Gasteiger partial charge in [0, 0.05) is 12.1 Å². The van der Waals surface area contributed by atoms with Gasteiger partial charge in [-0.05, 0) is 44.5 Å². The molecule has 0 radical (unpaired) electrons. The summed E-state index contributed by atoms with van der Waals surface area (Å²) in [5, 5.41) is 5.07. The highest BCUT2D eigenvalue weighted by molar-refractivity contribution is 5.99. The van der Waals surface area contributed by atoms with E-state index in [0.717, 1.165) is 0 Å². The second kappa shape index (κ2) is 6.39. The lowest BCUT2D eigenvalue weighted by atomic mass is 9.99. The molecule has 1 aliphatic heterocycles. The van der Waals surface area contributed by atoms with Crippen molar-refractivity contribution in [3.05, 3.63) is 23.8 Å². The molecule has 1 aromatic carbocycles. The van der Waals surface area contributed by atoms with E-state index in [1.54, 1.807) is 20.8 Å². The normalized spacial score (nSPS) is 17.3. The van der Waals surface area contributed by atoms with Gasteiger partial charge in [0.15, 0.2) is 0 Å². The Morgan fingerprint density at radius 3 is 2.70 bits per heavy atom.